The van der Waals surface area contributed by atoms with Gasteiger partial charge in [-0.2, -0.15) is 9.78 Å². The molecule has 2 aromatic carbocycles. The zero-order valence-corrected chi connectivity index (χ0v) is 17.0. The first-order valence-corrected chi connectivity index (χ1v) is 9.93. The molecule has 1 aromatic heterocycles. The maximum Gasteiger partial charge on any atom is 0.279 e. The Morgan fingerprint density at radius 1 is 1.00 bits per heavy atom. The van der Waals surface area contributed by atoms with Crippen molar-refractivity contribution in [1.82, 2.24) is 14.7 Å². The number of ether oxygens (including phenoxy) is 1. The van der Waals surface area contributed by atoms with E-state index in [2.05, 4.69) is 18.9 Å². The summed E-state index contributed by atoms with van der Waals surface area (Å²) in [6.45, 7) is 5.75. The van der Waals surface area contributed by atoms with Crippen LogP contribution in [-0.2, 0) is 0 Å². The van der Waals surface area contributed by atoms with Gasteiger partial charge in [0.25, 0.3) is 11.5 Å². The zero-order valence-electron chi connectivity index (χ0n) is 17.0. The topological polar surface area (TPSA) is 64.4 Å². The van der Waals surface area contributed by atoms with Crippen molar-refractivity contribution in [3.8, 4) is 11.4 Å². The highest BCUT2D eigenvalue weighted by Crippen LogP contribution is 2.24. The van der Waals surface area contributed by atoms with Crippen LogP contribution in [0.1, 0.15) is 30.8 Å². The van der Waals surface area contributed by atoms with Gasteiger partial charge >= 0.3 is 0 Å². The minimum absolute atomic E-state index is 0.123. The maximum atomic E-state index is 13.4. The molecular formula is C23H25N3O3. The first-order chi connectivity index (χ1) is 14.0. The molecule has 0 spiro atoms. The summed E-state index contributed by atoms with van der Waals surface area (Å²) >= 11 is 0. The minimum Gasteiger partial charge on any atom is -0.497 e. The van der Waals surface area contributed by atoms with Crippen LogP contribution in [0.25, 0.3) is 16.5 Å². The molecule has 1 fully saturated rings. The van der Waals surface area contributed by atoms with Gasteiger partial charge in [-0.05, 0) is 48.6 Å². The van der Waals surface area contributed by atoms with E-state index in [1.807, 2.05) is 11.0 Å². The number of benzene rings is 2. The van der Waals surface area contributed by atoms with Gasteiger partial charge in [-0.1, -0.05) is 32.0 Å². The Labute approximate surface area is 169 Å². The number of nitrogens with zero attached hydrogens (tertiary/aromatic N) is 3. The van der Waals surface area contributed by atoms with Crippen LogP contribution in [0, 0.1) is 11.8 Å². The molecule has 1 saturated heterocycles. The summed E-state index contributed by atoms with van der Waals surface area (Å²) < 4.78 is 6.51. The van der Waals surface area contributed by atoms with Crippen LogP contribution in [0.15, 0.2) is 53.3 Å². The number of fused-ring (bicyclic) bond motifs is 1. The van der Waals surface area contributed by atoms with Crippen molar-refractivity contribution < 1.29 is 9.53 Å². The number of likely N-dealkylation sites (tertiary alicyclic amines) is 1. The Morgan fingerprint density at radius 2 is 1.62 bits per heavy atom. The van der Waals surface area contributed by atoms with Gasteiger partial charge in [0.05, 0.1) is 18.2 Å². The Morgan fingerprint density at radius 3 is 2.24 bits per heavy atom. The van der Waals surface area contributed by atoms with E-state index in [-0.39, 0.29) is 11.5 Å². The quantitative estimate of drug-likeness (QED) is 0.685. The second-order valence-electron chi connectivity index (χ2n) is 7.97. The fourth-order valence-corrected chi connectivity index (χ4v) is 4.22. The van der Waals surface area contributed by atoms with Gasteiger partial charge in [0.15, 0.2) is 5.69 Å². The molecule has 1 aliphatic rings. The van der Waals surface area contributed by atoms with Crippen molar-refractivity contribution in [2.75, 3.05) is 20.2 Å². The smallest absolute Gasteiger partial charge is 0.279 e. The van der Waals surface area contributed by atoms with E-state index in [0.717, 1.165) is 6.42 Å². The number of amides is 1. The fraction of sp³-hybridized carbons (Fsp3) is 0.348. The highest BCUT2D eigenvalue weighted by molar-refractivity contribution is 6.04. The summed E-state index contributed by atoms with van der Waals surface area (Å²) in [6, 6.07) is 14.3. The predicted octanol–water partition coefficient (Wildman–Crippen LogP) is 3.51. The Kier molecular flexibility index (Phi) is 5.09. The van der Waals surface area contributed by atoms with Crippen molar-refractivity contribution >= 4 is 16.7 Å². The average molecular weight is 391 g/mol. The zero-order chi connectivity index (χ0) is 20.5. The molecule has 2 heterocycles. The van der Waals surface area contributed by atoms with Crippen molar-refractivity contribution in [2.45, 2.75) is 20.3 Å². The van der Waals surface area contributed by atoms with Gasteiger partial charge in [-0.3, -0.25) is 9.59 Å². The molecule has 6 nitrogen and oxygen atoms in total. The molecule has 0 saturated carbocycles. The molecule has 3 aromatic rings. The van der Waals surface area contributed by atoms with Crippen molar-refractivity contribution in [3.05, 3.63) is 64.6 Å². The molecule has 0 aliphatic carbocycles. The number of carbonyl (C=O) groups excluding carboxylic acids is 1. The van der Waals surface area contributed by atoms with Gasteiger partial charge in [-0.25, -0.2) is 0 Å². The van der Waals surface area contributed by atoms with E-state index in [4.69, 9.17) is 4.74 Å². The molecule has 2 atom stereocenters. The Balaban J connectivity index is 1.85. The molecule has 2 unspecified atom stereocenters. The second kappa shape index (κ2) is 7.70. The van der Waals surface area contributed by atoms with Crippen molar-refractivity contribution in [1.29, 1.82) is 0 Å². The molecular weight excluding hydrogens is 366 g/mol. The minimum atomic E-state index is -0.248. The molecule has 0 N–H and O–H groups in total. The number of rotatable bonds is 3. The van der Waals surface area contributed by atoms with Crippen LogP contribution in [0.5, 0.6) is 5.75 Å². The average Bonchev–Trinajstić information content (AvgIpc) is 2.73. The van der Waals surface area contributed by atoms with Crippen molar-refractivity contribution in [3.63, 3.8) is 0 Å². The number of piperidine rings is 1. The van der Waals surface area contributed by atoms with Crippen molar-refractivity contribution in [2.24, 2.45) is 11.8 Å². The Hall–Kier alpha value is -3.15. The lowest BCUT2D eigenvalue weighted by molar-refractivity contribution is 0.0617. The van der Waals surface area contributed by atoms with Gasteiger partial charge in [0.2, 0.25) is 0 Å². The third-order valence-corrected chi connectivity index (χ3v) is 5.48. The van der Waals surface area contributed by atoms with E-state index >= 15 is 0 Å². The molecule has 29 heavy (non-hydrogen) atoms. The lowest BCUT2D eigenvalue weighted by atomic mass is 9.91. The van der Waals surface area contributed by atoms with Gasteiger partial charge in [0, 0.05) is 18.5 Å². The van der Waals surface area contributed by atoms with Gasteiger partial charge in [0.1, 0.15) is 5.75 Å². The number of hydrogen-bond donors (Lipinski definition) is 0. The van der Waals surface area contributed by atoms with Gasteiger partial charge < -0.3 is 9.64 Å². The Bertz CT molecular complexity index is 1090. The third-order valence-electron chi connectivity index (χ3n) is 5.48. The summed E-state index contributed by atoms with van der Waals surface area (Å²) in [7, 11) is 1.59. The highest BCUT2D eigenvalue weighted by Gasteiger charge is 2.28. The number of hydrogen-bond acceptors (Lipinski definition) is 4. The van der Waals surface area contributed by atoms with Gasteiger partial charge in [-0.15, -0.1) is 0 Å². The first-order valence-electron chi connectivity index (χ1n) is 9.93. The molecule has 1 amide bonds. The summed E-state index contributed by atoms with van der Waals surface area (Å²) in [6.07, 6.45) is 1.11. The molecule has 6 heteroatoms. The third kappa shape index (κ3) is 3.62. The van der Waals surface area contributed by atoms with Crippen LogP contribution >= 0.6 is 0 Å². The summed E-state index contributed by atoms with van der Waals surface area (Å²) in [5.74, 6) is 1.46. The van der Waals surface area contributed by atoms with E-state index < -0.39 is 0 Å². The lowest BCUT2D eigenvalue weighted by Gasteiger charge is -2.35. The molecule has 0 bridgehead atoms. The second-order valence-corrected chi connectivity index (χ2v) is 7.97. The highest BCUT2D eigenvalue weighted by atomic mass is 16.5. The molecule has 4 rings (SSSR count). The first kappa shape index (κ1) is 19.2. The predicted molar refractivity (Wildman–Crippen MR) is 113 cm³/mol. The van der Waals surface area contributed by atoms with Crippen LogP contribution in [0.3, 0.4) is 0 Å². The SMILES string of the molecule is COc1ccc(-n2nc(C(=O)N3CC(C)CC(C)C3)c3ccccc3c2=O)cc1. The lowest BCUT2D eigenvalue weighted by Crippen LogP contribution is -2.43. The standard InChI is InChI=1S/C23H25N3O3/c1-15-12-16(2)14-25(13-15)23(28)21-19-6-4-5-7-20(19)22(27)26(24-21)17-8-10-18(29-3)11-9-17/h4-11,15-16H,12-14H2,1-3H3. The van der Waals surface area contributed by atoms with E-state index in [9.17, 15) is 9.59 Å². The molecule has 1 aliphatic heterocycles. The monoisotopic (exact) mass is 391 g/mol. The largest absolute Gasteiger partial charge is 0.497 e. The summed E-state index contributed by atoms with van der Waals surface area (Å²) in [5, 5.41) is 5.60. The van der Waals surface area contributed by atoms with Crippen LogP contribution in [0.4, 0.5) is 0 Å². The summed E-state index contributed by atoms with van der Waals surface area (Å²) in [5.41, 5.74) is 0.663. The van der Waals surface area contributed by atoms with Crippen LogP contribution in [0.2, 0.25) is 0 Å². The summed E-state index contributed by atoms with van der Waals surface area (Å²) in [4.78, 5) is 28.4. The van der Waals surface area contributed by atoms with Crippen LogP contribution in [-0.4, -0.2) is 40.8 Å². The van der Waals surface area contributed by atoms with E-state index in [1.54, 1.807) is 49.6 Å². The van der Waals surface area contributed by atoms with Crippen LogP contribution < -0.4 is 10.3 Å². The van der Waals surface area contributed by atoms with E-state index in [0.29, 0.717) is 52.8 Å². The number of aromatic nitrogens is 2. The maximum absolute atomic E-state index is 13.4. The van der Waals surface area contributed by atoms with E-state index in [1.165, 1.54) is 4.68 Å². The molecule has 150 valence electrons. The number of carbonyl (C=O) groups is 1. The number of methoxy groups -OCH3 is 1. The normalized spacial score (nSPS) is 19.3. The molecule has 0 radical (unpaired) electrons. The fourth-order valence-electron chi connectivity index (χ4n) is 4.22.